The van der Waals surface area contributed by atoms with Crippen LogP contribution in [-0.4, -0.2) is 16.7 Å². The average Bonchev–Trinajstić information content (AvgIpc) is 2.28. The summed E-state index contributed by atoms with van der Waals surface area (Å²) >= 11 is 0. The Bertz CT molecular complexity index is 424. The van der Waals surface area contributed by atoms with E-state index in [0.717, 1.165) is 5.71 Å². The first-order valence-corrected chi connectivity index (χ1v) is 6.08. The molecular weight excluding hydrogens is 228 g/mol. The van der Waals surface area contributed by atoms with Gasteiger partial charge in [-0.05, 0) is 36.1 Å². The predicted octanol–water partition coefficient (Wildman–Crippen LogP) is 2.79. The molecule has 0 unspecified atom stereocenters. The van der Waals surface area contributed by atoms with Crippen LogP contribution in [0.5, 0.6) is 5.75 Å². The predicted molar refractivity (Wildman–Crippen MR) is 72.7 cm³/mol. The zero-order valence-electron chi connectivity index (χ0n) is 11.3. The van der Waals surface area contributed by atoms with E-state index in [4.69, 9.17) is 5.11 Å². The molecule has 0 fully saturated rings. The fourth-order valence-electron chi connectivity index (χ4n) is 1.72. The van der Waals surface area contributed by atoms with E-state index in [9.17, 15) is 4.79 Å². The van der Waals surface area contributed by atoms with Crippen molar-refractivity contribution in [2.24, 2.45) is 16.9 Å². The fourth-order valence-corrected chi connectivity index (χ4v) is 1.72. The average molecular weight is 248 g/mol. The van der Waals surface area contributed by atoms with Crippen LogP contribution in [0.3, 0.4) is 0 Å². The lowest BCUT2D eigenvalue weighted by molar-refractivity contribution is 0.0954. The van der Waals surface area contributed by atoms with Gasteiger partial charge in [-0.2, -0.15) is 5.10 Å². The van der Waals surface area contributed by atoms with Gasteiger partial charge in [0.15, 0.2) is 0 Å². The molecule has 4 heteroatoms. The molecule has 98 valence electrons. The van der Waals surface area contributed by atoms with E-state index in [1.54, 1.807) is 12.1 Å². The van der Waals surface area contributed by atoms with Crippen molar-refractivity contribution in [1.29, 1.82) is 0 Å². The number of hydrogen-bond acceptors (Lipinski definition) is 3. The van der Waals surface area contributed by atoms with E-state index < -0.39 is 0 Å². The highest BCUT2D eigenvalue weighted by Gasteiger charge is 2.11. The van der Waals surface area contributed by atoms with Crippen molar-refractivity contribution in [3.8, 4) is 5.75 Å². The molecule has 0 atom stereocenters. The lowest BCUT2D eigenvalue weighted by Crippen LogP contribution is -2.24. The zero-order chi connectivity index (χ0) is 13.7. The minimum Gasteiger partial charge on any atom is -0.508 e. The van der Waals surface area contributed by atoms with Crippen LogP contribution in [0.1, 0.15) is 38.1 Å². The van der Waals surface area contributed by atoms with Gasteiger partial charge in [-0.1, -0.05) is 27.7 Å². The van der Waals surface area contributed by atoms with Crippen LogP contribution in [0, 0.1) is 11.8 Å². The lowest BCUT2D eigenvalue weighted by Gasteiger charge is -2.13. The van der Waals surface area contributed by atoms with Gasteiger partial charge in [0.25, 0.3) is 5.91 Å². The minimum atomic E-state index is -0.270. The Balaban J connectivity index is 2.76. The molecule has 0 heterocycles. The highest BCUT2D eigenvalue weighted by atomic mass is 16.3. The quantitative estimate of drug-likeness (QED) is 0.635. The summed E-state index contributed by atoms with van der Waals surface area (Å²) in [5.41, 5.74) is 3.98. The number of nitrogens with one attached hydrogen (secondary N) is 1. The molecular formula is C14H20N2O2. The standard InChI is InChI=1S/C14H20N2O2/c1-9(2)13(10(3)4)15-16-14(18)11-5-7-12(17)8-6-11/h5-10,17H,1-4H3,(H,16,18). The van der Waals surface area contributed by atoms with Crippen molar-refractivity contribution >= 4 is 11.6 Å². The molecule has 0 aromatic heterocycles. The summed E-state index contributed by atoms with van der Waals surface area (Å²) in [7, 11) is 0. The van der Waals surface area contributed by atoms with Crippen molar-refractivity contribution < 1.29 is 9.90 Å². The number of amides is 1. The summed E-state index contributed by atoms with van der Waals surface area (Å²) in [6.45, 7) is 8.19. The summed E-state index contributed by atoms with van der Waals surface area (Å²) in [4.78, 5) is 11.8. The number of aromatic hydroxyl groups is 1. The summed E-state index contributed by atoms with van der Waals surface area (Å²) in [6, 6.07) is 6.07. The van der Waals surface area contributed by atoms with Gasteiger partial charge in [-0.3, -0.25) is 4.79 Å². The van der Waals surface area contributed by atoms with Gasteiger partial charge in [-0.25, -0.2) is 5.43 Å². The second-order valence-corrected chi connectivity index (χ2v) is 4.83. The molecule has 2 N–H and O–H groups in total. The number of benzene rings is 1. The second-order valence-electron chi connectivity index (χ2n) is 4.83. The maximum Gasteiger partial charge on any atom is 0.271 e. The van der Waals surface area contributed by atoms with Gasteiger partial charge in [0.2, 0.25) is 0 Å². The molecule has 0 saturated heterocycles. The first kappa shape index (κ1) is 14.2. The first-order chi connectivity index (χ1) is 8.41. The van der Waals surface area contributed by atoms with Crippen LogP contribution < -0.4 is 5.43 Å². The third kappa shape index (κ3) is 3.87. The Morgan fingerprint density at radius 2 is 1.61 bits per heavy atom. The second kappa shape index (κ2) is 6.19. The topological polar surface area (TPSA) is 61.7 Å². The van der Waals surface area contributed by atoms with Gasteiger partial charge >= 0.3 is 0 Å². The Kier molecular flexibility index (Phi) is 4.89. The van der Waals surface area contributed by atoms with Crippen molar-refractivity contribution in [1.82, 2.24) is 5.43 Å². The Hall–Kier alpha value is -1.84. The van der Waals surface area contributed by atoms with Crippen LogP contribution in [0.2, 0.25) is 0 Å². The maximum atomic E-state index is 11.8. The highest BCUT2D eigenvalue weighted by Crippen LogP contribution is 2.10. The number of phenols is 1. The van der Waals surface area contributed by atoms with Gasteiger partial charge < -0.3 is 5.11 Å². The van der Waals surface area contributed by atoms with Gasteiger partial charge in [0, 0.05) is 11.3 Å². The van der Waals surface area contributed by atoms with E-state index in [1.165, 1.54) is 12.1 Å². The third-order valence-corrected chi connectivity index (χ3v) is 2.60. The minimum absolute atomic E-state index is 0.139. The molecule has 4 nitrogen and oxygen atoms in total. The normalized spacial score (nSPS) is 10.6. The fraction of sp³-hybridized carbons (Fsp3) is 0.429. The van der Waals surface area contributed by atoms with Crippen LogP contribution in [-0.2, 0) is 0 Å². The molecule has 18 heavy (non-hydrogen) atoms. The van der Waals surface area contributed by atoms with Crippen molar-refractivity contribution in [2.75, 3.05) is 0 Å². The molecule has 1 aromatic rings. The van der Waals surface area contributed by atoms with Crippen LogP contribution in [0.4, 0.5) is 0 Å². The van der Waals surface area contributed by atoms with Crippen molar-refractivity contribution in [2.45, 2.75) is 27.7 Å². The monoisotopic (exact) mass is 248 g/mol. The summed E-state index contributed by atoms with van der Waals surface area (Å²) in [6.07, 6.45) is 0. The van der Waals surface area contributed by atoms with Crippen LogP contribution >= 0.6 is 0 Å². The summed E-state index contributed by atoms with van der Waals surface area (Å²) < 4.78 is 0. The van der Waals surface area contributed by atoms with Crippen LogP contribution in [0.15, 0.2) is 29.4 Å². The molecule has 0 aliphatic rings. The molecule has 1 rings (SSSR count). The van der Waals surface area contributed by atoms with Crippen LogP contribution in [0.25, 0.3) is 0 Å². The first-order valence-electron chi connectivity index (χ1n) is 6.08. The number of hydrazone groups is 1. The SMILES string of the molecule is CC(C)C(=NNC(=O)c1ccc(O)cc1)C(C)C. The van der Waals surface area contributed by atoms with Crippen molar-refractivity contribution in [3.63, 3.8) is 0 Å². The Labute approximate surface area is 108 Å². The zero-order valence-corrected chi connectivity index (χ0v) is 11.3. The Morgan fingerprint density at radius 1 is 1.11 bits per heavy atom. The summed E-state index contributed by atoms with van der Waals surface area (Å²) in [5, 5.41) is 13.3. The molecule has 0 spiro atoms. The third-order valence-electron chi connectivity index (χ3n) is 2.60. The molecule has 0 aliphatic carbocycles. The largest absolute Gasteiger partial charge is 0.508 e. The maximum absolute atomic E-state index is 11.8. The van der Waals surface area contributed by atoms with E-state index in [-0.39, 0.29) is 11.7 Å². The molecule has 1 aromatic carbocycles. The molecule has 0 saturated carbocycles. The highest BCUT2D eigenvalue weighted by molar-refractivity contribution is 5.96. The number of phenolic OH excluding ortho intramolecular Hbond substituents is 1. The van der Waals surface area contributed by atoms with E-state index in [1.807, 2.05) is 27.7 Å². The smallest absolute Gasteiger partial charge is 0.271 e. The number of carbonyl (C=O) groups is 1. The van der Waals surface area contributed by atoms with Gasteiger partial charge in [0.1, 0.15) is 5.75 Å². The van der Waals surface area contributed by atoms with E-state index in [2.05, 4.69) is 10.5 Å². The Morgan fingerprint density at radius 3 is 2.06 bits per heavy atom. The molecule has 0 bridgehead atoms. The van der Waals surface area contributed by atoms with Crippen molar-refractivity contribution in [3.05, 3.63) is 29.8 Å². The number of carbonyl (C=O) groups excluding carboxylic acids is 1. The molecule has 1 amide bonds. The number of rotatable bonds is 4. The lowest BCUT2D eigenvalue weighted by atomic mass is 9.98. The van der Waals surface area contributed by atoms with E-state index >= 15 is 0 Å². The van der Waals surface area contributed by atoms with Gasteiger partial charge in [0.05, 0.1) is 0 Å². The number of hydrogen-bond donors (Lipinski definition) is 2. The summed E-state index contributed by atoms with van der Waals surface area (Å²) in [5.74, 6) is 0.462. The molecule has 0 aliphatic heterocycles. The van der Waals surface area contributed by atoms with E-state index in [0.29, 0.717) is 17.4 Å². The van der Waals surface area contributed by atoms with Gasteiger partial charge in [-0.15, -0.1) is 0 Å². The number of nitrogens with zero attached hydrogens (tertiary/aromatic N) is 1. The molecule has 0 radical (unpaired) electrons.